The van der Waals surface area contributed by atoms with Crippen molar-refractivity contribution in [2.24, 2.45) is 0 Å². The SMILES string of the molecule is BrC1CCOC2(CCCC2)C1. The Balaban J connectivity index is 2.00. The summed E-state index contributed by atoms with van der Waals surface area (Å²) in [4.78, 5) is 0.717. The van der Waals surface area contributed by atoms with Gasteiger partial charge in [-0.15, -0.1) is 0 Å². The molecule has 11 heavy (non-hydrogen) atoms. The number of halogens is 1. The molecular weight excluding hydrogens is 204 g/mol. The zero-order valence-electron chi connectivity index (χ0n) is 6.81. The van der Waals surface area contributed by atoms with E-state index in [-0.39, 0.29) is 0 Å². The summed E-state index contributed by atoms with van der Waals surface area (Å²) in [5.74, 6) is 0. The predicted molar refractivity (Wildman–Crippen MR) is 49.1 cm³/mol. The lowest BCUT2D eigenvalue weighted by molar-refractivity contribution is -0.0697. The summed E-state index contributed by atoms with van der Waals surface area (Å²) in [5, 5.41) is 0. The first-order chi connectivity index (χ1) is 5.31. The Bertz CT molecular complexity index is 140. The second-order valence-electron chi connectivity index (χ2n) is 3.83. The second kappa shape index (κ2) is 3.06. The van der Waals surface area contributed by atoms with Crippen LogP contribution in [-0.4, -0.2) is 17.0 Å². The minimum atomic E-state index is 0.298. The summed E-state index contributed by atoms with van der Waals surface area (Å²) in [6, 6.07) is 0. The topological polar surface area (TPSA) is 9.23 Å². The zero-order chi connectivity index (χ0) is 7.73. The molecular formula is C9H15BrO. The van der Waals surface area contributed by atoms with Crippen LogP contribution in [0.4, 0.5) is 0 Å². The molecule has 0 aromatic carbocycles. The van der Waals surface area contributed by atoms with Crippen LogP contribution in [0.3, 0.4) is 0 Å². The molecule has 1 spiro atoms. The number of alkyl halides is 1. The van der Waals surface area contributed by atoms with Gasteiger partial charge in [-0.2, -0.15) is 0 Å². The molecule has 64 valence electrons. The largest absolute Gasteiger partial charge is 0.375 e. The Labute approximate surface area is 76.6 Å². The standard InChI is InChI=1S/C9H15BrO/c10-8-3-6-11-9(7-8)4-1-2-5-9/h8H,1-7H2. The molecule has 2 rings (SSSR count). The quantitative estimate of drug-likeness (QED) is 0.569. The van der Waals surface area contributed by atoms with E-state index >= 15 is 0 Å². The van der Waals surface area contributed by atoms with Crippen molar-refractivity contribution in [1.29, 1.82) is 0 Å². The smallest absolute Gasteiger partial charge is 0.0693 e. The monoisotopic (exact) mass is 218 g/mol. The maximum atomic E-state index is 5.87. The van der Waals surface area contributed by atoms with Gasteiger partial charge in [0.05, 0.1) is 5.60 Å². The van der Waals surface area contributed by atoms with Crippen molar-refractivity contribution in [3.8, 4) is 0 Å². The van der Waals surface area contributed by atoms with Gasteiger partial charge in [-0.05, 0) is 25.7 Å². The van der Waals surface area contributed by atoms with E-state index in [1.54, 1.807) is 0 Å². The van der Waals surface area contributed by atoms with Crippen molar-refractivity contribution in [3.05, 3.63) is 0 Å². The normalized spacial score (nSPS) is 36.3. The van der Waals surface area contributed by atoms with Gasteiger partial charge in [-0.25, -0.2) is 0 Å². The molecule has 2 aliphatic rings. The number of rotatable bonds is 0. The molecule has 1 saturated heterocycles. The molecule has 0 aromatic rings. The Hall–Kier alpha value is 0.440. The lowest BCUT2D eigenvalue weighted by Crippen LogP contribution is -2.37. The lowest BCUT2D eigenvalue weighted by Gasteiger charge is -2.36. The van der Waals surface area contributed by atoms with Gasteiger partial charge in [0, 0.05) is 11.4 Å². The third-order valence-corrected chi connectivity index (χ3v) is 3.73. The fraction of sp³-hybridized carbons (Fsp3) is 1.00. The molecule has 0 radical (unpaired) electrons. The van der Waals surface area contributed by atoms with Crippen LogP contribution in [0.2, 0.25) is 0 Å². The summed E-state index contributed by atoms with van der Waals surface area (Å²) in [6.07, 6.45) is 7.79. The molecule has 2 fully saturated rings. The fourth-order valence-corrected chi connectivity index (χ4v) is 3.11. The van der Waals surface area contributed by atoms with E-state index in [1.807, 2.05) is 0 Å². The van der Waals surface area contributed by atoms with Gasteiger partial charge in [-0.1, -0.05) is 28.8 Å². The van der Waals surface area contributed by atoms with Crippen molar-refractivity contribution >= 4 is 15.9 Å². The first-order valence-corrected chi connectivity index (χ1v) is 5.50. The van der Waals surface area contributed by atoms with Crippen LogP contribution < -0.4 is 0 Å². The molecule has 0 amide bonds. The van der Waals surface area contributed by atoms with Crippen LogP contribution in [0.25, 0.3) is 0 Å². The van der Waals surface area contributed by atoms with Gasteiger partial charge in [0.2, 0.25) is 0 Å². The second-order valence-corrected chi connectivity index (χ2v) is 5.12. The number of ether oxygens (including phenoxy) is 1. The summed E-state index contributed by atoms with van der Waals surface area (Å²) in [7, 11) is 0. The van der Waals surface area contributed by atoms with Crippen LogP contribution in [0.15, 0.2) is 0 Å². The van der Waals surface area contributed by atoms with E-state index in [2.05, 4.69) is 15.9 Å². The summed E-state index contributed by atoms with van der Waals surface area (Å²) >= 11 is 3.69. The van der Waals surface area contributed by atoms with Gasteiger partial charge in [-0.3, -0.25) is 0 Å². The molecule has 1 unspecified atom stereocenters. The van der Waals surface area contributed by atoms with Crippen molar-refractivity contribution in [3.63, 3.8) is 0 Å². The highest BCUT2D eigenvalue weighted by molar-refractivity contribution is 9.09. The highest BCUT2D eigenvalue weighted by atomic mass is 79.9. The average molecular weight is 219 g/mol. The maximum Gasteiger partial charge on any atom is 0.0693 e. The van der Waals surface area contributed by atoms with Gasteiger partial charge in [0.15, 0.2) is 0 Å². The Kier molecular flexibility index (Phi) is 2.24. The average Bonchev–Trinajstić information content (AvgIpc) is 2.37. The van der Waals surface area contributed by atoms with Crippen LogP contribution in [0.5, 0.6) is 0 Å². The lowest BCUT2D eigenvalue weighted by atomic mass is 9.92. The molecule has 2 heteroatoms. The van der Waals surface area contributed by atoms with Gasteiger partial charge < -0.3 is 4.74 Å². The third-order valence-electron chi connectivity index (χ3n) is 2.95. The van der Waals surface area contributed by atoms with Gasteiger partial charge in [0.25, 0.3) is 0 Å². The van der Waals surface area contributed by atoms with E-state index < -0.39 is 0 Å². The Morgan fingerprint density at radius 2 is 2.00 bits per heavy atom. The van der Waals surface area contributed by atoms with Crippen LogP contribution in [-0.2, 0) is 4.74 Å². The number of hydrogen-bond donors (Lipinski definition) is 0. The van der Waals surface area contributed by atoms with Crippen molar-refractivity contribution in [2.75, 3.05) is 6.61 Å². The summed E-state index contributed by atoms with van der Waals surface area (Å²) in [5.41, 5.74) is 0.298. The first kappa shape index (κ1) is 8.06. The van der Waals surface area contributed by atoms with E-state index in [0.717, 1.165) is 6.61 Å². The first-order valence-electron chi connectivity index (χ1n) is 4.59. The third kappa shape index (κ3) is 1.62. The van der Waals surface area contributed by atoms with Gasteiger partial charge in [0.1, 0.15) is 0 Å². The van der Waals surface area contributed by atoms with E-state index in [1.165, 1.54) is 38.5 Å². The van der Waals surface area contributed by atoms with E-state index in [9.17, 15) is 0 Å². The molecule has 0 aromatic heterocycles. The minimum Gasteiger partial charge on any atom is -0.375 e. The Morgan fingerprint density at radius 3 is 2.64 bits per heavy atom. The molecule has 1 atom stereocenters. The molecule has 1 aliphatic heterocycles. The van der Waals surface area contributed by atoms with Crippen LogP contribution in [0, 0.1) is 0 Å². The van der Waals surface area contributed by atoms with Gasteiger partial charge >= 0.3 is 0 Å². The Morgan fingerprint density at radius 1 is 1.27 bits per heavy atom. The number of hydrogen-bond acceptors (Lipinski definition) is 1. The molecule has 0 bridgehead atoms. The maximum absolute atomic E-state index is 5.87. The van der Waals surface area contributed by atoms with Crippen molar-refractivity contribution in [2.45, 2.75) is 49.0 Å². The minimum absolute atomic E-state index is 0.298. The summed E-state index contributed by atoms with van der Waals surface area (Å²) < 4.78 is 5.87. The highest BCUT2D eigenvalue weighted by Gasteiger charge is 2.38. The van der Waals surface area contributed by atoms with Crippen molar-refractivity contribution < 1.29 is 4.74 Å². The zero-order valence-corrected chi connectivity index (χ0v) is 8.40. The van der Waals surface area contributed by atoms with Crippen molar-refractivity contribution in [1.82, 2.24) is 0 Å². The predicted octanol–water partition coefficient (Wildman–Crippen LogP) is 2.87. The van der Waals surface area contributed by atoms with E-state index in [0.29, 0.717) is 10.4 Å². The van der Waals surface area contributed by atoms with Crippen LogP contribution in [0.1, 0.15) is 38.5 Å². The summed E-state index contributed by atoms with van der Waals surface area (Å²) in [6.45, 7) is 0.968. The molecule has 0 N–H and O–H groups in total. The molecule has 1 nitrogen and oxygen atoms in total. The molecule has 1 heterocycles. The molecule has 1 aliphatic carbocycles. The molecule has 1 saturated carbocycles. The van der Waals surface area contributed by atoms with E-state index in [4.69, 9.17) is 4.74 Å². The van der Waals surface area contributed by atoms with Crippen LogP contribution >= 0.6 is 15.9 Å². The highest BCUT2D eigenvalue weighted by Crippen LogP contribution is 2.41. The fourth-order valence-electron chi connectivity index (χ4n) is 2.34.